The van der Waals surface area contributed by atoms with Crippen molar-refractivity contribution in [2.24, 2.45) is 0 Å². The summed E-state index contributed by atoms with van der Waals surface area (Å²) in [6.45, 7) is 8.27. The molecule has 0 spiro atoms. The Hall–Kier alpha value is -3.31. The van der Waals surface area contributed by atoms with Crippen molar-refractivity contribution in [2.45, 2.75) is 50.6 Å². The predicted molar refractivity (Wildman–Crippen MR) is 139 cm³/mol. The third kappa shape index (κ3) is 6.72. The van der Waals surface area contributed by atoms with Crippen LogP contribution in [0.3, 0.4) is 0 Å². The maximum atomic E-state index is 14.6. The molecule has 3 aromatic rings. The normalized spacial score (nSPS) is 12.3. The number of hydrogen-bond acceptors (Lipinski definition) is 7. The van der Waals surface area contributed by atoms with Crippen molar-refractivity contribution < 1.29 is 22.3 Å². The third-order valence-electron chi connectivity index (χ3n) is 5.88. The molecule has 0 bridgehead atoms. The number of carbonyl (C=O) groups is 1. The second-order valence-electron chi connectivity index (χ2n) is 10.1. The second kappa shape index (κ2) is 11.0. The van der Waals surface area contributed by atoms with Crippen molar-refractivity contribution in [1.29, 1.82) is 0 Å². The first-order chi connectivity index (χ1) is 17.2. The highest BCUT2D eigenvalue weighted by molar-refractivity contribution is 7.90. The molecule has 0 aliphatic heterocycles. The fourth-order valence-corrected chi connectivity index (χ4v) is 5.26. The number of likely N-dealkylation sites (N-methyl/N-ethyl adjacent to an activating group) is 1. The minimum Gasteiger partial charge on any atom is -0.481 e. The number of pyridine rings is 1. The Labute approximate surface area is 217 Å². The molecule has 3 rings (SSSR count). The largest absolute Gasteiger partial charge is 0.481 e. The number of amides is 1. The Morgan fingerprint density at radius 1 is 1.22 bits per heavy atom. The molecule has 1 aromatic carbocycles. The standard InChI is InChI=1S/C26H34FN5O4S/c1-17(2)20-13-19(27)14-21(18-8-10-28-24(12-18)36-7)22(20)15-23(33)30-37(34,35)25-9-11-32(29-25)26(3,4)16-31(5)6/h8-14,17H,15-16H2,1-7H3,(H,30,33). The van der Waals surface area contributed by atoms with Crippen LogP contribution in [0.1, 0.15) is 44.7 Å². The van der Waals surface area contributed by atoms with Gasteiger partial charge in [-0.3, -0.25) is 9.48 Å². The number of carbonyl (C=O) groups excluding carboxylic acids is 1. The molecule has 0 atom stereocenters. The van der Waals surface area contributed by atoms with Crippen molar-refractivity contribution in [3.8, 4) is 17.0 Å². The molecule has 37 heavy (non-hydrogen) atoms. The van der Waals surface area contributed by atoms with E-state index in [9.17, 15) is 17.6 Å². The molecule has 0 aliphatic rings. The number of halogens is 1. The summed E-state index contributed by atoms with van der Waals surface area (Å²) in [5.41, 5.74) is 1.72. The molecule has 0 saturated heterocycles. The lowest BCUT2D eigenvalue weighted by Gasteiger charge is -2.28. The van der Waals surface area contributed by atoms with E-state index < -0.39 is 27.3 Å². The zero-order valence-corrected chi connectivity index (χ0v) is 23.1. The lowest BCUT2D eigenvalue weighted by Crippen LogP contribution is -2.38. The summed E-state index contributed by atoms with van der Waals surface area (Å²) in [5, 5.41) is 3.97. The fraction of sp³-hybridized carbons (Fsp3) is 0.423. The summed E-state index contributed by atoms with van der Waals surface area (Å²) in [6, 6.07) is 7.38. The van der Waals surface area contributed by atoms with Gasteiger partial charge in [0.05, 0.1) is 19.1 Å². The van der Waals surface area contributed by atoms with Gasteiger partial charge in [-0.25, -0.2) is 14.1 Å². The number of aromatic nitrogens is 3. The van der Waals surface area contributed by atoms with Crippen LogP contribution in [0.2, 0.25) is 0 Å². The molecule has 0 aliphatic carbocycles. The number of nitrogens with one attached hydrogen (secondary N) is 1. The quantitative estimate of drug-likeness (QED) is 0.426. The summed E-state index contributed by atoms with van der Waals surface area (Å²) >= 11 is 0. The summed E-state index contributed by atoms with van der Waals surface area (Å²) in [6.07, 6.45) is 2.82. The highest BCUT2D eigenvalue weighted by Gasteiger charge is 2.27. The zero-order valence-electron chi connectivity index (χ0n) is 22.2. The van der Waals surface area contributed by atoms with E-state index in [-0.39, 0.29) is 17.4 Å². The highest BCUT2D eigenvalue weighted by atomic mass is 32.2. The van der Waals surface area contributed by atoms with Crippen molar-refractivity contribution in [1.82, 2.24) is 24.4 Å². The first kappa shape index (κ1) is 28.3. The molecule has 0 saturated carbocycles. The molecule has 9 nitrogen and oxygen atoms in total. The van der Waals surface area contributed by atoms with Crippen LogP contribution >= 0.6 is 0 Å². The monoisotopic (exact) mass is 531 g/mol. The van der Waals surface area contributed by atoms with E-state index >= 15 is 0 Å². The van der Waals surface area contributed by atoms with Crippen LogP contribution in [-0.2, 0) is 26.8 Å². The first-order valence-electron chi connectivity index (χ1n) is 11.8. The smallest absolute Gasteiger partial charge is 0.283 e. The van der Waals surface area contributed by atoms with Gasteiger partial charge in [-0.1, -0.05) is 13.8 Å². The van der Waals surface area contributed by atoms with Crippen molar-refractivity contribution in [3.63, 3.8) is 0 Å². The summed E-state index contributed by atoms with van der Waals surface area (Å²) in [5.74, 6) is -0.999. The van der Waals surface area contributed by atoms with Crippen LogP contribution in [0.5, 0.6) is 5.88 Å². The predicted octanol–water partition coefficient (Wildman–Crippen LogP) is 3.56. The van der Waals surface area contributed by atoms with Crippen LogP contribution in [0.15, 0.2) is 47.8 Å². The van der Waals surface area contributed by atoms with E-state index in [2.05, 4.69) is 14.8 Å². The van der Waals surface area contributed by atoms with Crippen molar-refractivity contribution in [2.75, 3.05) is 27.7 Å². The SMILES string of the molecule is COc1cc(-c2cc(F)cc(C(C)C)c2CC(=O)NS(=O)(=O)c2ccn(C(C)(C)CN(C)C)n2)ccn1. The Balaban J connectivity index is 1.93. The van der Waals surface area contributed by atoms with E-state index in [1.807, 2.05) is 46.7 Å². The van der Waals surface area contributed by atoms with Crippen LogP contribution in [0.4, 0.5) is 4.39 Å². The average molecular weight is 532 g/mol. The van der Waals surface area contributed by atoms with Gasteiger partial charge in [-0.05, 0) is 80.4 Å². The molecule has 200 valence electrons. The summed E-state index contributed by atoms with van der Waals surface area (Å²) in [7, 11) is 1.08. The zero-order chi connectivity index (χ0) is 27.5. The molecule has 2 heterocycles. The van der Waals surface area contributed by atoms with Crippen LogP contribution in [0.25, 0.3) is 11.1 Å². The van der Waals surface area contributed by atoms with E-state index in [1.54, 1.807) is 23.0 Å². The molecule has 2 aromatic heterocycles. The van der Waals surface area contributed by atoms with Gasteiger partial charge in [0.2, 0.25) is 11.8 Å². The van der Waals surface area contributed by atoms with Gasteiger partial charge in [0.25, 0.3) is 10.0 Å². The Bertz CT molecular complexity index is 1380. The minimum absolute atomic E-state index is 0.118. The maximum Gasteiger partial charge on any atom is 0.283 e. The third-order valence-corrected chi connectivity index (χ3v) is 7.14. The summed E-state index contributed by atoms with van der Waals surface area (Å²) in [4.78, 5) is 19.1. The lowest BCUT2D eigenvalue weighted by atomic mass is 9.88. The van der Waals surface area contributed by atoms with Gasteiger partial charge in [0.15, 0.2) is 5.03 Å². The molecular weight excluding hydrogens is 497 g/mol. The fourth-order valence-electron chi connectivity index (χ4n) is 4.35. The van der Waals surface area contributed by atoms with Gasteiger partial charge in [-0.2, -0.15) is 13.5 Å². The van der Waals surface area contributed by atoms with Crippen LogP contribution in [0, 0.1) is 5.82 Å². The Morgan fingerprint density at radius 2 is 1.92 bits per heavy atom. The number of sulfonamides is 1. The second-order valence-corrected chi connectivity index (χ2v) is 11.7. The van der Waals surface area contributed by atoms with E-state index in [4.69, 9.17) is 4.74 Å². The molecule has 0 fully saturated rings. The van der Waals surface area contributed by atoms with Gasteiger partial charge in [-0.15, -0.1) is 0 Å². The topological polar surface area (TPSA) is 106 Å². The summed E-state index contributed by atoms with van der Waals surface area (Å²) < 4.78 is 49.5. The maximum absolute atomic E-state index is 14.6. The number of benzene rings is 1. The molecule has 1 N–H and O–H groups in total. The number of rotatable bonds is 10. The number of nitrogens with zero attached hydrogens (tertiary/aromatic N) is 4. The van der Waals surface area contributed by atoms with E-state index in [0.717, 1.165) is 0 Å². The Kier molecular flexibility index (Phi) is 8.38. The van der Waals surface area contributed by atoms with Crippen LogP contribution in [-0.4, -0.2) is 61.7 Å². The van der Waals surface area contributed by atoms with Gasteiger partial charge in [0.1, 0.15) is 5.82 Å². The van der Waals surface area contributed by atoms with Gasteiger partial charge >= 0.3 is 0 Å². The molecule has 0 radical (unpaired) electrons. The Morgan fingerprint density at radius 3 is 2.54 bits per heavy atom. The molecule has 11 heteroatoms. The average Bonchev–Trinajstić information content (AvgIpc) is 3.31. The van der Waals surface area contributed by atoms with E-state index in [0.29, 0.717) is 34.7 Å². The highest BCUT2D eigenvalue weighted by Crippen LogP contribution is 2.33. The minimum atomic E-state index is -4.23. The first-order valence-corrected chi connectivity index (χ1v) is 13.3. The van der Waals surface area contributed by atoms with E-state index in [1.165, 1.54) is 31.5 Å². The molecule has 0 unspecified atom stereocenters. The number of ether oxygens (including phenoxy) is 1. The molecular formula is C26H34FN5O4S. The molecule has 1 amide bonds. The lowest BCUT2D eigenvalue weighted by molar-refractivity contribution is -0.118. The van der Waals surface area contributed by atoms with Crippen molar-refractivity contribution >= 4 is 15.9 Å². The van der Waals surface area contributed by atoms with Crippen molar-refractivity contribution in [3.05, 3.63) is 59.7 Å². The van der Waals surface area contributed by atoms with Gasteiger partial charge < -0.3 is 9.64 Å². The number of hydrogen-bond donors (Lipinski definition) is 1. The number of methoxy groups -OCH3 is 1. The van der Waals surface area contributed by atoms with Crippen LogP contribution < -0.4 is 9.46 Å². The van der Waals surface area contributed by atoms with Gasteiger partial charge in [0, 0.05) is 25.0 Å².